The second-order valence-corrected chi connectivity index (χ2v) is 8.47. The third-order valence-electron chi connectivity index (χ3n) is 6.28. The van der Waals surface area contributed by atoms with Crippen LogP contribution in [-0.4, -0.2) is 62.1 Å². The minimum atomic E-state index is -0.479. The number of piperazine rings is 1. The van der Waals surface area contributed by atoms with Gasteiger partial charge < -0.3 is 9.80 Å². The highest BCUT2D eigenvalue weighted by atomic mass is 16.2. The number of benzene rings is 2. The van der Waals surface area contributed by atoms with Crippen molar-refractivity contribution < 1.29 is 9.59 Å². The van der Waals surface area contributed by atoms with Gasteiger partial charge in [0.25, 0.3) is 0 Å². The molecule has 7 heteroatoms. The number of aryl methyl sites for hydroxylation is 3. The zero-order valence-electron chi connectivity index (χ0n) is 19.6. The maximum absolute atomic E-state index is 13.2. The molecule has 0 spiro atoms. The van der Waals surface area contributed by atoms with Crippen LogP contribution in [0.25, 0.3) is 11.1 Å². The Morgan fingerprint density at radius 2 is 1.70 bits per heavy atom. The molecule has 1 atom stereocenters. The predicted octanol–water partition coefficient (Wildman–Crippen LogP) is 3.25. The Balaban J connectivity index is 1.49. The summed E-state index contributed by atoms with van der Waals surface area (Å²) in [6.07, 6.45) is 0.810. The molecule has 0 radical (unpaired) electrons. The third-order valence-corrected chi connectivity index (χ3v) is 6.28. The highest BCUT2D eigenvalue weighted by molar-refractivity contribution is 5.89. The number of nitrogens with zero attached hydrogens (tertiary/aromatic N) is 5. The van der Waals surface area contributed by atoms with Gasteiger partial charge >= 0.3 is 0 Å². The van der Waals surface area contributed by atoms with Crippen LogP contribution in [0.2, 0.25) is 0 Å². The molecule has 1 saturated heterocycles. The van der Waals surface area contributed by atoms with E-state index in [9.17, 15) is 9.59 Å². The monoisotopic (exact) mass is 445 g/mol. The number of carbonyl (C=O) groups excluding carboxylic acids is 2. The Morgan fingerprint density at radius 3 is 2.33 bits per heavy atom. The van der Waals surface area contributed by atoms with Gasteiger partial charge in [-0.25, -0.2) is 9.67 Å². The van der Waals surface area contributed by atoms with E-state index in [2.05, 4.69) is 46.5 Å². The van der Waals surface area contributed by atoms with Crippen LogP contribution in [0, 0.1) is 13.8 Å². The minimum absolute atomic E-state index is 0.0161. The third kappa shape index (κ3) is 5.13. The summed E-state index contributed by atoms with van der Waals surface area (Å²) in [7, 11) is 0. The van der Waals surface area contributed by atoms with Gasteiger partial charge in [-0.2, -0.15) is 5.10 Å². The molecule has 1 aliphatic rings. The van der Waals surface area contributed by atoms with Crippen molar-refractivity contribution in [2.75, 3.05) is 19.6 Å². The number of rotatable bonds is 7. The second kappa shape index (κ2) is 9.98. The number of carbonyl (C=O) groups is 2. The van der Waals surface area contributed by atoms with Crippen molar-refractivity contribution in [2.24, 2.45) is 0 Å². The molecule has 1 unspecified atom stereocenters. The van der Waals surface area contributed by atoms with Crippen molar-refractivity contribution in [3.05, 3.63) is 71.8 Å². The molecule has 4 rings (SSSR count). The van der Waals surface area contributed by atoms with Crippen molar-refractivity contribution in [3.63, 3.8) is 0 Å². The zero-order chi connectivity index (χ0) is 23.4. The molecule has 0 saturated carbocycles. The number of likely N-dealkylation sites (N-methyl/N-ethyl adjacent to an activating group) is 1. The summed E-state index contributed by atoms with van der Waals surface area (Å²) in [4.78, 5) is 34.3. The van der Waals surface area contributed by atoms with Gasteiger partial charge in [-0.15, -0.1) is 0 Å². The fourth-order valence-corrected chi connectivity index (χ4v) is 4.45. The molecule has 0 bridgehead atoms. The van der Waals surface area contributed by atoms with Crippen molar-refractivity contribution in [1.29, 1.82) is 0 Å². The standard InChI is InChI=1S/C26H31N5O2/c1-4-29-16-17-30(25(32)14-15-31-20(3)27-19(2)28-31)24(26(29)33)18-21-10-12-23(13-11-21)22-8-6-5-7-9-22/h5-13,24H,4,14-18H2,1-3H3. The van der Waals surface area contributed by atoms with Crippen molar-refractivity contribution >= 4 is 11.8 Å². The van der Waals surface area contributed by atoms with Crippen LogP contribution < -0.4 is 0 Å². The molecule has 2 heterocycles. The molecule has 172 valence electrons. The van der Waals surface area contributed by atoms with Crippen LogP contribution in [0.1, 0.15) is 30.6 Å². The smallest absolute Gasteiger partial charge is 0.245 e. The fourth-order valence-electron chi connectivity index (χ4n) is 4.45. The molecule has 2 amide bonds. The first kappa shape index (κ1) is 22.7. The van der Waals surface area contributed by atoms with E-state index in [-0.39, 0.29) is 11.8 Å². The first-order valence-electron chi connectivity index (χ1n) is 11.6. The van der Waals surface area contributed by atoms with E-state index < -0.39 is 6.04 Å². The molecule has 7 nitrogen and oxygen atoms in total. The lowest BCUT2D eigenvalue weighted by Crippen LogP contribution is -2.59. The summed E-state index contributed by atoms with van der Waals surface area (Å²) in [5.41, 5.74) is 3.34. The van der Waals surface area contributed by atoms with Gasteiger partial charge in [0.1, 0.15) is 17.7 Å². The Bertz CT molecular complexity index is 1110. The lowest BCUT2D eigenvalue weighted by molar-refractivity contribution is -0.151. The van der Waals surface area contributed by atoms with Gasteiger partial charge in [0.15, 0.2) is 0 Å². The average Bonchev–Trinajstić information content (AvgIpc) is 3.16. The van der Waals surface area contributed by atoms with Crippen LogP contribution in [0.3, 0.4) is 0 Å². The Kier molecular flexibility index (Phi) is 6.87. The zero-order valence-corrected chi connectivity index (χ0v) is 19.6. The molecule has 0 aliphatic carbocycles. The van der Waals surface area contributed by atoms with E-state index in [1.54, 1.807) is 9.58 Å². The van der Waals surface area contributed by atoms with Crippen LogP contribution in [0.15, 0.2) is 54.6 Å². The first-order valence-corrected chi connectivity index (χ1v) is 11.6. The molecule has 0 N–H and O–H groups in total. The van der Waals surface area contributed by atoms with E-state index in [4.69, 9.17) is 0 Å². The largest absolute Gasteiger partial charge is 0.339 e. The average molecular weight is 446 g/mol. The maximum atomic E-state index is 13.2. The second-order valence-electron chi connectivity index (χ2n) is 8.47. The van der Waals surface area contributed by atoms with E-state index in [0.717, 1.165) is 22.5 Å². The maximum Gasteiger partial charge on any atom is 0.245 e. The van der Waals surface area contributed by atoms with Gasteiger partial charge in [0.2, 0.25) is 11.8 Å². The summed E-state index contributed by atoms with van der Waals surface area (Å²) < 4.78 is 1.76. The van der Waals surface area contributed by atoms with Crippen molar-refractivity contribution in [1.82, 2.24) is 24.6 Å². The Hall–Kier alpha value is -3.48. The van der Waals surface area contributed by atoms with E-state index in [1.807, 2.05) is 43.9 Å². The first-order chi connectivity index (χ1) is 16.0. The summed E-state index contributed by atoms with van der Waals surface area (Å²) >= 11 is 0. The van der Waals surface area contributed by atoms with E-state index in [0.29, 0.717) is 44.8 Å². The van der Waals surface area contributed by atoms with Gasteiger partial charge in [-0.05, 0) is 37.5 Å². The van der Waals surface area contributed by atoms with Gasteiger partial charge in [0, 0.05) is 32.5 Å². The molecular weight excluding hydrogens is 414 g/mol. The fraction of sp³-hybridized carbons (Fsp3) is 0.385. The quantitative estimate of drug-likeness (QED) is 0.560. The van der Waals surface area contributed by atoms with E-state index in [1.165, 1.54) is 0 Å². The minimum Gasteiger partial charge on any atom is -0.339 e. The van der Waals surface area contributed by atoms with E-state index >= 15 is 0 Å². The lowest BCUT2D eigenvalue weighted by Gasteiger charge is -2.40. The molecule has 3 aromatic rings. The van der Waals surface area contributed by atoms with Crippen LogP contribution in [0.5, 0.6) is 0 Å². The number of aromatic nitrogens is 3. The van der Waals surface area contributed by atoms with Gasteiger partial charge in [-0.1, -0.05) is 54.6 Å². The van der Waals surface area contributed by atoms with Crippen molar-refractivity contribution in [3.8, 4) is 11.1 Å². The van der Waals surface area contributed by atoms with Crippen molar-refractivity contribution in [2.45, 2.75) is 46.2 Å². The molecule has 2 aromatic carbocycles. The summed E-state index contributed by atoms with van der Waals surface area (Å²) in [5, 5.41) is 4.35. The van der Waals surface area contributed by atoms with Crippen LogP contribution >= 0.6 is 0 Å². The normalized spacial score (nSPS) is 16.3. The summed E-state index contributed by atoms with van der Waals surface area (Å²) in [6.45, 7) is 7.96. The Morgan fingerprint density at radius 1 is 1.00 bits per heavy atom. The number of amides is 2. The summed E-state index contributed by atoms with van der Waals surface area (Å²) in [5.74, 6) is 1.50. The highest BCUT2D eigenvalue weighted by Crippen LogP contribution is 2.22. The Labute approximate surface area is 195 Å². The highest BCUT2D eigenvalue weighted by Gasteiger charge is 2.36. The topological polar surface area (TPSA) is 71.3 Å². The number of hydrogen-bond acceptors (Lipinski definition) is 4. The SMILES string of the molecule is CCN1CCN(C(=O)CCn2nc(C)nc2C)C(Cc2ccc(-c3ccccc3)cc2)C1=O. The summed E-state index contributed by atoms with van der Waals surface area (Å²) in [6, 6.07) is 18.0. The molecular formula is C26H31N5O2. The van der Waals surface area contributed by atoms with Gasteiger partial charge in [-0.3, -0.25) is 9.59 Å². The lowest BCUT2D eigenvalue weighted by atomic mass is 9.98. The van der Waals surface area contributed by atoms with Gasteiger partial charge in [0.05, 0.1) is 6.54 Å². The molecule has 1 fully saturated rings. The van der Waals surface area contributed by atoms with Crippen LogP contribution in [-0.2, 0) is 22.6 Å². The molecule has 1 aromatic heterocycles. The molecule has 33 heavy (non-hydrogen) atoms. The number of hydrogen-bond donors (Lipinski definition) is 0. The predicted molar refractivity (Wildman–Crippen MR) is 127 cm³/mol. The van der Waals surface area contributed by atoms with Crippen LogP contribution in [0.4, 0.5) is 0 Å². The molecule has 1 aliphatic heterocycles.